The van der Waals surface area contributed by atoms with Gasteiger partial charge in [0.1, 0.15) is 78.8 Å². The van der Waals surface area contributed by atoms with Crippen LogP contribution in [0.2, 0.25) is 0 Å². The minimum atomic E-state index is -1.66. The van der Waals surface area contributed by atoms with Gasteiger partial charge in [-0.15, -0.1) is 0 Å². The normalized spacial score (nSPS) is 35.5. The maximum atomic E-state index is 14.0. The van der Waals surface area contributed by atoms with Crippen molar-refractivity contribution in [3.8, 4) is 28.7 Å². The van der Waals surface area contributed by atoms with E-state index in [1.54, 1.807) is 24.3 Å². The number of aliphatic hydroxyl groups excluding tert-OH is 6. The first-order valence-electron chi connectivity index (χ1n) is 16.2. The van der Waals surface area contributed by atoms with Crippen LogP contribution < -0.4 is 23.7 Å². The third kappa shape index (κ3) is 5.88. The van der Waals surface area contributed by atoms with Gasteiger partial charge in [0, 0.05) is 23.6 Å². The summed E-state index contributed by atoms with van der Waals surface area (Å²) >= 11 is 0. The van der Waals surface area contributed by atoms with Crippen molar-refractivity contribution in [1.29, 1.82) is 0 Å². The van der Waals surface area contributed by atoms with Crippen LogP contribution in [0.1, 0.15) is 27.4 Å². The monoisotopic (exact) mass is 704 g/mol. The van der Waals surface area contributed by atoms with Gasteiger partial charge >= 0.3 is 0 Å². The van der Waals surface area contributed by atoms with Crippen LogP contribution in [0.5, 0.6) is 28.7 Å². The molecule has 16 heteroatoms. The highest BCUT2D eigenvalue weighted by Gasteiger charge is 2.51. The molecule has 2 aromatic rings. The Labute approximate surface area is 286 Å². The van der Waals surface area contributed by atoms with Crippen LogP contribution in [0.15, 0.2) is 36.4 Å². The first-order valence-corrected chi connectivity index (χ1v) is 16.2. The number of Topliss-reactive ketones (excluding diaryl/α,β-unsaturated/α-hetero) is 1. The summed E-state index contributed by atoms with van der Waals surface area (Å²) in [6.45, 7) is 2.81. The molecule has 50 heavy (non-hydrogen) atoms. The van der Waals surface area contributed by atoms with Crippen LogP contribution in [0.4, 0.5) is 0 Å². The fraction of sp³-hybridized carbons (Fsp3) is 0.559. The number of hydrogen-bond donors (Lipinski definition) is 6. The van der Waals surface area contributed by atoms with Crippen molar-refractivity contribution >= 4 is 5.78 Å². The van der Waals surface area contributed by atoms with Crippen molar-refractivity contribution in [2.75, 3.05) is 40.6 Å². The molecule has 6 N–H and O–H groups in total. The Morgan fingerprint density at radius 1 is 0.880 bits per heavy atom. The molecule has 5 aliphatic heterocycles. The van der Waals surface area contributed by atoms with Crippen molar-refractivity contribution in [1.82, 2.24) is 0 Å². The van der Waals surface area contributed by atoms with E-state index >= 15 is 0 Å². The van der Waals surface area contributed by atoms with Crippen molar-refractivity contribution in [3.63, 3.8) is 0 Å². The molecule has 5 aliphatic rings. The topological polar surface area (TPSA) is 222 Å². The quantitative estimate of drug-likeness (QED) is 0.163. The van der Waals surface area contributed by atoms with E-state index in [-0.39, 0.29) is 19.0 Å². The van der Waals surface area contributed by atoms with E-state index in [1.807, 2.05) is 0 Å². The van der Waals surface area contributed by atoms with Crippen LogP contribution in [-0.2, 0) is 25.4 Å². The molecule has 0 aliphatic carbocycles. The van der Waals surface area contributed by atoms with Gasteiger partial charge in [0.15, 0.2) is 29.9 Å². The molecule has 2 aromatic carbocycles. The number of benzene rings is 2. The average molecular weight is 705 g/mol. The van der Waals surface area contributed by atoms with E-state index in [0.29, 0.717) is 57.4 Å². The van der Waals surface area contributed by atoms with Crippen LogP contribution in [0, 0.1) is 0 Å². The minimum absolute atomic E-state index is 0.129. The highest BCUT2D eigenvalue weighted by Crippen LogP contribution is 2.50. The molecule has 0 spiro atoms. The molecule has 0 saturated carbocycles. The second-order valence-corrected chi connectivity index (χ2v) is 12.8. The number of fused-ring (bicyclic) bond motifs is 6. The molecule has 0 radical (unpaired) electrons. The van der Waals surface area contributed by atoms with E-state index in [1.165, 1.54) is 14.2 Å². The lowest BCUT2D eigenvalue weighted by Gasteiger charge is -2.42. The van der Waals surface area contributed by atoms with Gasteiger partial charge in [-0.25, -0.2) is 0 Å². The molecular weight excluding hydrogens is 664 g/mol. The van der Waals surface area contributed by atoms with E-state index < -0.39 is 86.6 Å². The minimum Gasteiger partial charge on any atom is -0.493 e. The number of carbonyl (C=O) groups is 1. The SMILES string of the molecule is C=C(CO[C@H]1O[C@H](CO)[C@@H](O)[C@H](O)[C@H]1O[C@@H]1O[C@H](CO)[C@@H](O)[C@@H]1O)C1Cc2c(ccc3c2OC2COc4cc(OC)c(OC)cc4C2C3=O)O1. The largest absolute Gasteiger partial charge is 0.493 e. The van der Waals surface area contributed by atoms with E-state index in [2.05, 4.69) is 6.58 Å². The Morgan fingerprint density at radius 3 is 2.26 bits per heavy atom. The molecule has 0 bridgehead atoms. The Bertz CT molecular complexity index is 1610. The van der Waals surface area contributed by atoms with Crippen molar-refractivity contribution in [3.05, 3.63) is 53.1 Å². The van der Waals surface area contributed by atoms with Gasteiger partial charge in [-0.2, -0.15) is 0 Å². The highest BCUT2D eigenvalue weighted by molar-refractivity contribution is 6.06. The number of rotatable bonds is 10. The Morgan fingerprint density at radius 2 is 1.56 bits per heavy atom. The number of ketones is 1. The molecule has 272 valence electrons. The first-order chi connectivity index (χ1) is 24.1. The van der Waals surface area contributed by atoms with Crippen molar-refractivity contribution in [2.24, 2.45) is 0 Å². The van der Waals surface area contributed by atoms with E-state index in [9.17, 15) is 35.4 Å². The summed E-state index contributed by atoms with van der Waals surface area (Å²) in [6, 6.07) is 6.81. The van der Waals surface area contributed by atoms with Crippen molar-refractivity contribution < 1.29 is 78.1 Å². The Balaban J connectivity index is 1.05. The number of methoxy groups -OCH3 is 2. The summed E-state index contributed by atoms with van der Waals surface area (Å²) in [5.74, 6) is 1.62. The maximum Gasteiger partial charge on any atom is 0.187 e. The lowest BCUT2D eigenvalue weighted by molar-refractivity contribution is -0.336. The fourth-order valence-corrected chi connectivity index (χ4v) is 7.04. The van der Waals surface area contributed by atoms with Gasteiger partial charge in [-0.3, -0.25) is 4.79 Å². The lowest BCUT2D eigenvalue weighted by Crippen LogP contribution is -2.61. The fourth-order valence-electron chi connectivity index (χ4n) is 7.04. The van der Waals surface area contributed by atoms with Gasteiger partial charge in [0.25, 0.3) is 0 Å². The second-order valence-electron chi connectivity index (χ2n) is 12.8. The second kappa shape index (κ2) is 13.9. The summed E-state index contributed by atoms with van der Waals surface area (Å²) in [4.78, 5) is 14.0. The summed E-state index contributed by atoms with van der Waals surface area (Å²) in [5.41, 5.74) is 2.17. The van der Waals surface area contributed by atoms with Gasteiger partial charge in [0.05, 0.1) is 45.5 Å². The standard InChI is InChI=1S/C34H40O16/c1-13(11-45-34-32(29(40)27(38)22(9-35)49-34)50-33-30(41)28(39)23(10-36)48-33)18-7-16-17(46-18)5-4-14-26(37)25-15-6-20(42-2)21(43-3)8-19(15)44-12-24(25)47-31(14)16/h4-6,8,18,22-25,27-30,32-36,38-41H,1,7,9-12H2,2-3H3/t18?,22-,23-,24?,25?,27-,28-,29+,30+,32-,33+,34+/m1/s1. The van der Waals surface area contributed by atoms with Gasteiger partial charge < -0.3 is 73.3 Å². The number of carbonyl (C=O) groups excluding carboxylic acids is 1. The third-order valence-corrected chi connectivity index (χ3v) is 9.82. The molecule has 2 fully saturated rings. The molecule has 0 amide bonds. The zero-order valence-corrected chi connectivity index (χ0v) is 27.2. The van der Waals surface area contributed by atoms with E-state index in [4.69, 9.17) is 42.6 Å². The summed E-state index contributed by atoms with van der Waals surface area (Å²) in [6.07, 6.45) is -13.9. The average Bonchev–Trinajstić information content (AvgIpc) is 3.69. The van der Waals surface area contributed by atoms with Crippen LogP contribution in [-0.4, -0.2) is 145 Å². The van der Waals surface area contributed by atoms with Crippen LogP contribution in [0.25, 0.3) is 0 Å². The first kappa shape index (κ1) is 34.9. The predicted octanol–water partition coefficient (Wildman–Crippen LogP) is -1.04. The maximum absolute atomic E-state index is 14.0. The number of hydrogen-bond acceptors (Lipinski definition) is 16. The summed E-state index contributed by atoms with van der Waals surface area (Å²) in [5, 5.41) is 61.0. The molecule has 16 nitrogen and oxygen atoms in total. The van der Waals surface area contributed by atoms with E-state index in [0.717, 1.165) is 0 Å². The smallest absolute Gasteiger partial charge is 0.187 e. The predicted molar refractivity (Wildman–Crippen MR) is 167 cm³/mol. The number of ether oxygens (including phenoxy) is 9. The van der Waals surface area contributed by atoms with Crippen LogP contribution in [0.3, 0.4) is 0 Å². The molecule has 2 saturated heterocycles. The summed E-state index contributed by atoms with van der Waals surface area (Å²) in [7, 11) is 3.04. The summed E-state index contributed by atoms with van der Waals surface area (Å²) < 4.78 is 52.2. The van der Waals surface area contributed by atoms with Gasteiger partial charge in [-0.05, 0) is 23.8 Å². The third-order valence-electron chi connectivity index (χ3n) is 9.82. The molecule has 12 atom stereocenters. The Kier molecular flexibility index (Phi) is 9.68. The zero-order valence-electron chi connectivity index (χ0n) is 27.2. The molecular formula is C34H40O16. The highest BCUT2D eigenvalue weighted by atomic mass is 16.8. The Hall–Kier alpha value is -3.55. The van der Waals surface area contributed by atoms with Gasteiger partial charge in [0.2, 0.25) is 0 Å². The molecule has 3 unspecified atom stereocenters. The van der Waals surface area contributed by atoms with Crippen molar-refractivity contribution in [2.45, 2.75) is 79.9 Å². The van der Waals surface area contributed by atoms with Crippen LogP contribution >= 0.6 is 0 Å². The van der Waals surface area contributed by atoms with Gasteiger partial charge in [-0.1, -0.05) is 6.58 Å². The lowest BCUT2D eigenvalue weighted by atomic mass is 9.81. The molecule has 5 heterocycles. The molecule has 7 rings (SSSR count). The molecule has 0 aromatic heterocycles. The zero-order chi connectivity index (χ0) is 35.4. The number of aliphatic hydroxyl groups is 6.